The molecule has 2 aromatic heterocycles. The van der Waals surface area contributed by atoms with Gasteiger partial charge < -0.3 is 4.90 Å². The van der Waals surface area contributed by atoms with Crippen molar-refractivity contribution in [1.82, 2.24) is 19.8 Å². The third-order valence-electron chi connectivity index (χ3n) is 3.50. The van der Waals surface area contributed by atoms with Gasteiger partial charge in [-0.05, 0) is 38.0 Å². The maximum atomic E-state index is 6.21. The predicted molar refractivity (Wildman–Crippen MR) is 79.8 cm³/mol. The van der Waals surface area contributed by atoms with Gasteiger partial charge in [0.2, 0.25) is 0 Å². The Morgan fingerprint density at radius 3 is 3.05 bits per heavy atom. The van der Waals surface area contributed by atoms with Gasteiger partial charge in [-0.1, -0.05) is 11.6 Å². The topological polar surface area (TPSA) is 32.3 Å². The molecule has 3 heterocycles. The molecule has 6 heteroatoms. The third-order valence-corrected chi connectivity index (χ3v) is 4.60. The van der Waals surface area contributed by atoms with Crippen molar-refractivity contribution >= 4 is 33.2 Å². The normalized spacial score (nSPS) is 18.8. The molecule has 3 rings (SSSR count). The minimum atomic E-state index is 0.577. The third kappa shape index (κ3) is 3.05. The van der Waals surface area contributed by atoms with Crippen molar-refractivity contribution in [3.05, 3.63) is 22.4 Å². The summed E-state index contributed by atoms with van der Waals surface area (Å²) in [5, 5.41) is 3.55. The fraction of sp³-hybridized carbons (Fsp3) is 0.538. The van der Waals surface area contributed by atoms with E-state index in [4.69, 9.17) is 11.6 Å². The van der Waals surface area contributed by atoms with Crippen LogP contribution in [0.4, 0.5) is 0 Å². The van der Waals surface area contributed by atoms with Crippen LogP contribution in [-0.4, -0.2) is 53.0 Å². The van der Waals surface area contributed by atoms with Gasteiger partial charge in [-0.3, -0.25) is 4.90 Å². The van der Waals surface area contributed by atoms with Gasteiger partial charge in [0, 0.05) is 18.5 Å². The molecule has 1 fully saturated rings. The number of aromatic nitrogens is 2. The van der Waals surface area contributed by atoms with Crippen molar-refractivity contribution in [3.8, 4) is 0 Å². The van der Waals surface area contributed by atoms with Crippen molar-refractivity contribution in [2.45, 2.75) is 13.0 Å². The standard InChI is InChI=1S/C13H17ClN4S/c1-17-4-2-5-18(7-6-17)9-11-15-12(14)10-3-8-19-13(10)16-11/h3,8H,2,4-7,9H2,1H3. The molecule has 0 unspecified atom stereocenters. The first-order chi connectivity index (χ1) is 9.22. The van der Waals surface area contributed by atoms with Crippen LogP contribution in [0, 0.1) is 0 Å². The molecule has 1 saturated heterocycles. The highest BCUT2D eigenvalue weighted by Crippen LogP contribution is 2.25. The van der Waals surface area contributed by atoms with E-state index in [0.717, 1.165) is 42.2 Å². The first-order valence-electron chi connectivity index (χ1n) is 6.53. The lowest BCUT2D eigenvalue weighted by Crippen LogP contribution is -2.29. The van der Waals surface area contributed by atoms with Gasteiger partial charge in [0.1, 0.15) is 15.8 Å². The minimum absolute atomic E-state index is 0.577. The molecule has 0 N–H and O–H groups in total. The molecule has 1 aliphatic rings. The summed E-state index contributed by atoms with van der Waals surface area (Å²) in [6.07, 6.45) is 1.20. The van der Waals surface area contributed by atoms with Crippen LogP contribution >= 0.6 is 22.9 Å². The molecule has 102 valence electrons. The first kappa shape index (κ1) is 13.2. The van der Waals surface area contributed by atoms with E-state index >= 15 is 0 Å². The summed E-state index contributed by atoms with van der Waals surface area (Å²) in [4.78, 5) is 14.8. The molecule has 2 aromatic rings. The van der Waals surface area contributed by atoms with E-state index in [-0.39, 0.29) is 0 Å². The van der Waals surface area contributed by atoms with Gasteiger partial charge >= 0.3 is 0 Å². The van der Waals surface area contributed by atoms with Gasteiger partial charge in [0.25, 0.3) is 0 Å². The Balaban J connectivity index is 1.77. The number of hydrogen-bond donors (Lipinski definition) is 0. The molecular weight excluding hydrogens is 280 g/mol. The fourth-order valence-electron chi connectivity index (χ4n) is 2.39. The number of thiophene rings is 1. The van der Waals surface area contributed by atoms with E-state index in [0.29, 0.717) is 5.15 Å². The Bertz CT molecular complexity index is 571. The van der Waals surface area contributed by atoms with E-state index < -0.39 is 0 Å². The zero-order valence-corrected chi connectivity index (χ0v) is 12.5. The Hall–Kier alpha value is -0.750. The number of halogens is 1. The van der Waals surface area contributed by atoms with Gasteiger partial charge in [-0.15, -0.1) is 11.3 Å². The van der Waals surface area contributed by atoms with Gasteiger partial charge in [-0.25, -0.2) is 9.97 Å². The molecule has 0 bridgehead atoms. The first-order valence-corrected chi connectivity index (χ1v) is 7.78. The van der Waals surface area contributed by atoms with Crippen LogP contribution in [0.1, 0.15) is 12.2 Å². The maximum absolute atomic E-state index is 6.21. The van der Waals surface area contributed by atoms with Crippen molar-refractivity contribution in [2.24, 2.45) is 0 Å². The zero-order chi connectivity index (χ0) is 13.2. The largest absolute Gasteiger partial charge is 0.305 e. The second kappa shape index (κ2) is 5.71. The molecule has 0 amide bonds. The van der Waals surface area contributed by atoms with Crippen LogP contribution in [0.25, 0.3) is 10.2 Å². The summed E-state index contributed by atoms with van der Waals surface area (Å²) < 4.78 is 0. The molecule has 19 heavy (non-hydrogen) atoms. The summed E-state index contributed by atoms with van der Waals surface area (Å²) in [5.41, 5.74) is 0. The lowest BCUT2D eigenvalue weighted by molar-refractivity contribution is 0.264. The second-order valence-electron chi connectivity index (χ2n) is 5.00. The van der Waals surface area contributed by atoms with E-state index in [2.05, 4.69) is 26.8 Å². The summed E-state index contributed by atoms with van der Waals surface area (Å²) in [6.45, 7) is 5.24. The predicted octanol–water partition coefficient (Wildman–Crippen LogP) is 2.48. The zero-order valence-electron chi connectivity index (χ0n) is 11.0. The SMILES string of the molecule is CN1CCCN(Cc2nc(Cl)c3ccsc3n2)CC1. The average Bonchev–Trinajstić information content (AvgIpc) is 2.75. The summed E-state index contributed by atoms with van der Waals surface area (Å²) >= 11 is 7.83. The summed E-state index contributed by atoms with van der Waals surface area (Å²) in [5.74, 6) is 0.838. The van der Waals surface area contributed by atoms with Gasteiger partial charge in [0.05, 0.1) is 6.54 Å². The molecular formula is C13H17ClN4S. The molecule has 4 nitrogen and oxygen atoms in total. The van der Waals surface area contributed by atoms with E-state index in [1.807, 2.05) is 11.4 Å². The smallest absolute Gasteiger partial charge is 0.145 e. The maximum Gasteiger partial charge on any atom is 0.145 e. The molecule has 0 saturated carbocycles. The lowest BCUT2D eigenvalue weighted by Gasteiger charge is -2.19. The molecule has 0 aliphatic carbocycles. The van der Waals surface area contributed by atoms with Crippen LogP contribution < -0.4 is 0 Å². The highest BCUT2D eigenvalue weighted by Gasteiger charge is 2.15. The molecule has 0 aromatic carbocycles. The van der Waals surface area contributed by atoms with Crippen LogP contribution in [0.5, 0.6) is 0 Å². The van der Waals surface area contributed by atoms with Crippen LogP contribution in [0.3, 0.4) is 0 Å². The van der Waals surface area contributed by atoms with Crippen molar-refractivity contribution in [2.75, 3.05) is 33.2 Å². The van der Waals surface area contributed by atoms with Gasteiger partial charge in [-0.2, -0.15) is 0 Å². The molecule has 1 aliphatic heterocycles. The number of nitrogens with zero attached hydrogens (tertiary/aromatic N) is 4. The molecule has 0 spiro atoms. The van der Waals surface area contributed by atoms with Crippen LogP contribution in [-0.2, 0) is 6.54 Å². The van der Waals surface area contributed by atoms with Crippen molar-refractivity contribution in [3.63, 3.8) is 0 Å². The van der Waals surface area contributed by atoms with Crippen molar-refractivity contribution in [1.29, 1.82) is 0 Å². The Morgan fingerprint density at radius 2 is 2.16 bits per heavy atom. The number of fused-ring (bicyclic) bond motifs is 1. The van der Waals surface area contributed by atoms with E-state index in [1.165, 1.54) is 13.0 Å². The number of hydrogen-bond acceptors (Lipinski definition) is 5. The molecule has 0 radical (unpaired) electrons. The van der Waals surface area contributed by atoms with Crippen molar-refractivity contribution < 1.29 is 0 Å². The number of rotatable bonds is 2. The highest BCUT2D eigenvalue weighted by molar-refractivity contribution is 7.16. The monoisotopic (exact) mass is 296 g/mol. The second-order valence-corrected chi connectivity index (χ2v) is 6.26. The summed E-state index contributed by atoms with van der Waals surface area (Å²) in [7, 11) is 2.18. The van der Waals surface area contributed by atoms with E-state index in [9.17, 15) is 0 Å². The highest BCUT2D eigenvalue weighted by atomic mass is 35.5. The Labute approximate surface area is 122 Å². The average molecular weight is 297 g/mol. The van der Waals surface area contributed by atoms with Crippen LogP contribution in [0.15, 0.2) is 11.4 Å². The fourth-order valence-corrected chi connectivity index (χ4v) is 3.48. The Kier molecular flexibility index (Phi) is 3.98. The minimum Gasteiger partial charge on any atom is -0.305 e. The lowest BCUT2D eigenvalue weighted by atomic mass is 10.3. The van der Waals surface area contributed by atoms with Crippen LogP contribution in [0.2, 0.25) is 5.15 Å². The van der Waals surface area contributed by atoms with E-state index in [1.54, 1.807) is 11.3 Å². The Morgan fingerprint density at radius 1 is 1.26 bits per heavy atom. The molecule has 0 atom stereocenters. The number of likely N-dealkylation sites (N-methyl/N-ethyl adjacent to an activating group) is 1. The summed E-state index contributed by atoms with van der Waals surface area (Å²) in [6, 6.07) is 1.98. The van der Waals surface area contributed by atoms with Gasteiger partial charge in [0.15, 0.2) is 0 Å². The quantitative estimate of drug-likeness (QED) is 0.797.